The van der Waals surface area contributed by atoms with Gasteiger partial charge in [0.15, 0.2) is 4.47 Å². The summed E-state index contributed by atoms with van der Waals surface area (Å²) in [6.07, 6.45) is 1.41. The Morgan fingerprint density at radius 3 is 2.89 bits per heavy atom. The molecule has 0 aliphatic heterocycles. The fourth-order valence-electron chi connectivity index (χ4n) is 1.35. The van der Waals surface area contributed by atoms with Crippen LogP contribution in [0.4, 0.5) is 5.69 Å². The first-order valence-electron chi connectivity index (χ1n) is 4.90. The zero-order valence-corrected chi connectivity index (χ0v) is 12.4. The number of aromatic nitrogens is 1. The van der Waals surface area contributed by atoms with Crippen molar-refractivity contribution in [3.8, 4) is 5.75 Å². The highest BCUT2D eigenvalue weighted by molar-refractivity contribution is 9.10. The number of nitrogens with zero attached hydrogens (tertiary/aromatic N) is 1. The van der Waals surface area contributed by atoms with Crippen LogP contribution in [-0.4, -0.2) is 16.0 Å². The third-order valence-electron chi connectivity index (χ3n) is 2.27. The Kier molecular flexibility index (Phi) is 3.89. The molecule has 1 heterocycles. The van der Waals surface area contributed by atoms with Crippen LogP contribution in [0, 0.1) is 6.92 Å². The number of rotatable bonds is 2. The normalized spacial score (nSPS) is 10.4. The van der Waals surface area contributed by atoms with Gasteiger partial charge in [-0.1, -0.05) is 29.0 Å². The number of anilines is 1. The van der Waals surface area contributed by atoms with Gasteiger partial charge in [0.2, 0.25) is 0 Å². The number of aromatic hydroxyl groups is 1. The largest absolute Gasteiger partial charge is 0.507 e. The number of carbonyl (C=O) groups excluding carboxylic acids is 1. The van der Waals surface area contributed by atoms with Crippen molar-refractivity contribution in [2.45, 2.75) is 6.92 Å². The number of phenols is 1. The number of hydrogen-bond acceptors (Lipinski definition) is 4. The number of hydrogen-bond donors (Lipinski definition) is 2. The van der Waals surface area contributed by atoms with Crippen LogP contribution < -0.4 is 5.32 Å². The van der Waals surface area contributed by atoms with E-state index in [1.54, 1.807) is 12.1 Å². The summed E-state index contributed by atoms with van der Waals surface area (Å²) in [5.74, 6) is -0.243. The maximum absolute atomic E-state index is 11.9. The topological polar surface area (TPSA) is 62.2 Å². The lowest BCUT2D eigenvalue weighted by Crippen LogP contribution is -2.11. The molecule has 0 aliphatic carbocycles. The zero-order valence-electron chi connectivity index (χ0n) is 9.20. The van der Waals surface area contributed by atoms with Gasteiger partial charge in [-0.05, 0) is 34.5 Å². The Balaban J connectivity index is 2.30. The second-order valence-electron chi connectivity index (χ2n) is 3.52. The minimum atomic E-state index is -0.311. The van der Waals surface area contributed by atoms with Crippen molar-refractivity contribution >= 4 is 50.5 Å². The summed E-state index contributed by atoms with van der Waals surface area (Å²) >= 11 is 10.0. The van der Waals surface area contributed by atoms with E-state index in [9.17, 15) is 9.90 Å². The number of amides is 1. The highest BCUT2D eigenvalue weighted by Gasteiger charge is 2.14. The van der Waals surface area contributed by atoms with E-state index in [-0.39, 0.29) is 11.7 Å². The zero-order chi connectivity index (χ0) is 13.3. The molecule has 0 atom stereocenters. The molecular formula is C11H8BrClN2O2S. The summed E-state index contributed by atoms with van der Waals surface area (Å²) in [6, 6.07) is 3.27. The molecule has 0 bridgehead atoms. The summed E-state index contributed by atoms with van der Waals surface area (Å²) in [5, 5.41) is 12.3. The van der Waals surface area contributed by atoms with E-state index >= 15 is 0 Å². The smallest absolute Gasteiger partial charge is 0.267 e. The summed E-state index contributed by atoms with van der Waals surface area (Å²) in [5.41, 5.74) is 1.37. The fraction of sp³-hybridized carbons (Fsp3) is 0.0909. The van der Waals surface area contributed by atoms with E-state index in [2.05, 4.69) is 26.2 Å². The van der Waals surface area contributed by atoms with E-state index < -0.39 is 0 Å². The van der Waals surface area contributed by atoms with Crippen molar-refractivity contribution in [1.82, 2.24) is 4.98 Å². The minimum absolute atomic E-state index is 0.0678. The Morgan fingerprint density at radius 2 is 2.28 bits per heavy atom. The van der Waals surface area contributed by atoms with E-state index in [0.717, 1.165) is 16.9 Å². The van der Waals surface area contributed by atoms with Crippen molar-refractivity contribution in [3.05, 3.63) is 37.7 Å². The third-order valence-corrected chi connectivity index (χ3v) is 4.19. The van der Waals surface area contributed by atoms with Crippen LogP contribution in [0.5, 0.6) is 5.75 Å². The van der Waals surface area contributed by atoms with Gasteiger partial charge in [0, 0.05) is 0 Å². The van der Waals surface area contributed by atoms with Crippen molar-refractivity contribution in [2.24, 2.45) is 0 Å². The predicted octanol–water partition coefficient (Wildman–Crippen LogP) is 3.83. The molecule has 7 heteroatoms. The molecule has 0 spiro atoms. The molecule has 2 aromatic rings. The second kappa shape index (κ2) is 5.26. The highest BCUT2D eigenvalue weighted by atomic mass is 79.9. The lowest BCUT2D eigenvalue weighted by Gasteiger charge is -2.10. The van der Waals surface area contributed by atoms with Gasteiger partial charge in [0.05, 0.1) is 16.4 Å². The van der Waals surface area contributed by atoms with Gasteiger partial charge in [0.25, 0.3) is 5.91 Å². The van der Waals surface area contributed by atoms with Crippen molar-refractivity contribution in [3.63, 3.8) is 0 Å². The van der Waals surface area contributed by atoms with Crippen LogP contribution in [0.3, 0.4) is 0 Å². The molecule has 1 amide bonds. The van der Waals surface area contributed by atoms with Gasteiger partial charge in [-0.2, -0.15) is 0 Å². The third kappa shape index (κ3) is 2.66. The van der Waals surface area contributed by atoms with Gasteiger partial charge < -0.3 is 10.4 Å². The number of halogens is 2. The summed E-state index contributed by atoms with van der Waals surface area (Å²) in [4.78, 5) is 16.2. The Hall–Kier alpha value is -1.11. The van der Waals surface area contributed by atoms with Crippen LogP contribution in [0.1, 0.15) is 15.2 Å². The van der Waals surface area contributed by atoms with E-state index in [1.165, 1.54) is 6.20 Å². The van der Waals surface area contributed by atoms with Crippen molar-refractivity contribution in [1.29, 1.82) is 0 Å². The number of phenolic OH excluding ortho intramolecular Hbond substituents is 1. The monoisotopic (exact) mass is 346 g/mol. The first-order chi connectivity index (χ1) is 8.49. The highest BCUT2D eigenvalue weighted by Crippen LogP contribution is 2.34. The van der Waals surface area contributed by atoms with Gasteiger partial charge in [-0.3, -0.25) is 4.79 Å². The molecule has 0 saturated heterocycles. The number of thiazole rings is 1. The van der Waals surface area contributed by atoms with Crippen LogP contribution in [0.2, 0.25) is 4.47 Å². The van der Waals surface area contributed by atoms with Crippen molar-refractivity contribution in [2.75, 3.05) is 5.32 Å². The number of carbonyl (C=O) groups is 1. The Labute approximate surface area is 121 Å². The Morgan fingerprint density at radius 1 is 1.56 bits per heavy atom. The van der Waals surface area contributed by atoms with Crippen molar-refractivity contribution < 1.29 is 9.90 Å². The summed E-state index contributed by atoms with van der Waals surface area (Å²) in [7, 11) is 0. The molecule has 4 nitrogen and oxygen atoms in total. The average molecular weight is 348 g/mol. The van der Waals surface area contributed by atoms with Gasteiger partial charge >= 0.3 is 0 Å². The van der Waals surface area contributed by atoms with Crippen LogP contribution in [0.15, 0.2) is 22.8 Å². The molecule has 0 saturated carbocycles. The fourth-order valence-corrected chi connectivity index (χ4v) is 2.73. The van der Waals surface area contributed by atoms with Crippen LogP contribution in [0.25, 0.3) is 0 Å². The molecule has 0 fully saturated rings. The lowest BCUT2D eigenvalue weighted by molar-refractivity contribution is 0.103. The van der Waals surface area contributed by atoms with Gasteiger partial charge in [0.1, 0.15) is 10.6 Å². The van der Waals surface area contributed by atoms with E-state index in [1.807, 2.05) is 6.92 Å². The predicted molar refractivity (Wildman–Crippen MR) is 75.6 cm³/mol. The van der Waals surface area contributed by atoms with Crippen LogP contribution >= 0.6 is 38.9 Å². The lowest BCUT2D eigenvalue weighted by atomic mass is 10.2. The maximum atomic E-state index is 11.9. The molecule has 2 rings (SSSR count). The summed E-state index contributed by atoms with van der Waals surface area (Å²) < 4.78 is 0.762. The van der Waals surface area contributed by atoms with Gasteiger partial charge in [-0.15, -0.1) is 0 Å². The van der Waals surface area contributed by atoms with E-state index in [4.69, 9.17) is 11.6 Å². The number of nitrogens with one attached hydrogen (secondary N) is 1. The molecule has 1 aromatic carbocycles. The number of aryl methyl sites for hydroxylation is 1. The molecule has 2 N–H and O–H groups in total. The molecule has 94 valence electrons. The quantitative estimate of drug-likeness (QED) is 0.868. The molecule has 0 unspecified atom stereocenters. The minimum Gasteiger partial charge on any atom is -0.507 e. The van der Waals surface area contributed by atoms with Crippen LogP contribution in [-0.2, 0) is 0 Å². The molecule has 18 heavy (non-hydrogen) atoms. The SMILES string of the molecule is Cc1ccc(O)c(Br)c1NC(=O)c1cnc(Cl)s1. The molecule has 0 radical (unpaired) electrons. The molecular weight excluding hydrogens is 340 g/mol. The summed E-state index contributed by atoms with van der Waals surface area (Å²) in [6.45, 7) is 1.83. The second-order valence-corrected chi connectivity index (χ2v) is 5.93. The first-order valence-corrected chi connectivity index (χ1v) is 6.88. The van der Waals surface area contributed by atoms with Gasteiger partial charge in [-0.25, -0.2) is 4.98 Å². The Bertz CT molecular complexity index is 615. The molecule has 1 aromatic heterocycles. The maximum Gasteiger partial charge on any atom is 0.267 e. The first kappa shape index (κ1) is 13.3. The number of benzene rings is 1. The van der Waals surface area contributed by atoms with E-state index in [0.29, 0.717) is 19.5 Å². The average Bonchev–Trinajstić information content (AvgIpc) is 2.76. The molecule has 0 aliphatic rings. The standard InChI is InChI=1S/C11H8BrClN2O2S/c1-5-2-3-6(16)8(12)9(5)15-10(17)7-4-14-11(13)18-7/h2-4,16H,1H3,(H,15,17).